The normalized spacial score (nSPS) is 12.3. The fraction of sp³-hybridized carbons (Fsp3) is 0.385. The number of aromatic amines is 1. The number of aromatic nitrogens is 3. The number of hydrogen-bond donors (Lipinski definition) is 2. The number of nitrogens with zero attached hydrogens (tertiary/aromatic N) is 2. The first kappa shape index (κ1) is 12.6. The number of hydrogen-bond acceptors (Lipinski definition) is 4. The molecule has 0 aliphatic rings. The van der Waals surface area contributed by atoms with E-state index in [0.717, 1.165) is 30.1 Å². The highest BCUT2D eigenvalue weighted by Gasteiger charge is 2.04. The van der Waals surface area contributed by atoms with Crippen LogP contribution < -0.4 is 5.32 Å². The SMILES string of the molecule is COCC[C@@H](C)Nc1cccc(-c2ncn[nH]2)c1. The Hall–Kier alpha value is -1.88. The summed E-state index contributed by atoms with van der Waals surface area (Å²) in [5, 5.41) is 10.2. The molecule has 0 bridgehead atoms. The molecule has 5 heteroatoms. The standard InChI is InChI=1S/C13H18N4O/c1-10(6-7-18-2)16-12-5-3-4-11(8-12)13-14-9-15-17-13/h3-5,8-10,16H,6-7H2,1-2H3,(H,14,15,17)/t10-/m1/s1. The molecule has 0 saturated carbocycles. The second-order valence-corrected chi connectivity index (χ2v) is 4.24. The fourth-order valence-corrected chi connectivity index (χ4v) is 1.75. The lowest BCUT2D eigenvalue weighted by molar-refractivity contribution is 0.191. The predicted octanol–water partition coefficient (Wildman–Crippen LogP) is 2.31. The fourth-order valence-electron chi connectivity index (χ4n) is 1.75. The quantitative estimate of drug-likeness (QED) is 0.821. The summed E-state index contributed by atoms with van der Waals surface area (Å²) in [6, 6.07) is 8.48. The predicted molar refractivity (Wildman–Crippen MR) is 71.4 cm³/mol. The van der Waals surface area contributed by atoms with Crippen LogP contribution in [0.2, 0.25) is 0 Å². The van der Waals surface area contributed by atoms with Crippen molar-refractivity contribution in [3.8, 4) is 11.4 Å². The molecule has 2 rings (SSSR count). The Bertz CT molecular complexity index is 470. The van der Waals surface area contributed by atoms with Crippen molar-refractivity contribution in [1.82, 2.24) is 15.2 Å². The van der Waals surface area contributed by atoms with Crippen LogP contribution in [0.1, 0.15) is 13.3 Å². The van der Waals surface area contributed by atoms with Gasteiger partial charge in [-0.25, -0.2) is 4.98 Å². The first-order valence-electron chi connectivity index (χ1n) is 6.01. The molecule has 1 aromatic heterocycles. The molecule has 5 nitrogen and oxygen atoms in total. The van der Waals surface area contributed by atoms with Gasteiger partial charge in [0, 0.05) is 31.0 Å². The molecule has 2 aromatic rings. The van der Waals surface area contributed by atoms with Gasteiger partial charge in [-0.2, -0.15) is 5.10 Å². The Balaban J connectivity index is 2.03. The molecule has 1 heterocycles. The van der Waals surface area contributed by atoms with Gasteiger partial charge in [-0.05, 0) is 25.5 Å². The minimum Gasteiger partial charge on any atom is -0.385 e. The van der Waals surface area contributed by atoms with Crippen LogP contribution >= 0.6 is 0 Å². The van der Waals surface area contributed by atoms with E-state index in [1.165, 1.54) is 6.33 Å². The number of methoxy groups -OCH3 is 1. The number of nitrogens with one attached hydrogen (secondary N) is 2. The van der Waals surface area contributed by atoms with E-state index in [9.17, 15) is 0 Å². The van der Waals surface area contributed by atoms with Gasteiger partial charge in [0.1, 0.15) is 6.33 Å². The van der Waals surface area contributed by atoms with E-state index in [2.05, 4.69) is 33.5 Å². The van der Waals surface area contributed by atoms with Gasteiger partial charge in [-0.1, -0.05) is 12.1 Å². The van der Waals surface area contributed by atoms with Crippen LogP contribution in [0.25, 0.3) is 11.4 Å². The van der Waals surface area contributed by atoms with Crippen molar-refractivity contribution in [1.29, 1.82) is 0 Å². The topological polar surface area (TPSA) is 62.8 Å². The second-order valence-electron chi connectivity index (χ2n) is 4.24. The molecular weight excluding hydrogens is 228 g/mol. The second kappa shape index (κ2) is 6.16. The van der Waals surface area contributed by atoms with Gasteiger partial charge in [0.25, 0.3) is 0 Å². The summed E-state index contributed by atoms with van der Waals surface area (Å²) < 4.78 is 5.07. The van der Waals surface area contributed by atoms with Crippen molar-refractivity contribution in [2.45, 2.75) is 19.4 Å². The van der Waals surface area contributed by atoms with Crippen LogP contribution in [0.4, 0.5) is 5.69 Å². The van der Waals surface area contributed by atoms with Gasteiger partial charge in [-0.3, -0.25) is 5.10 Å². The number of H-pyrrole nitrogens is 1. The van der Waals surface area contributed by atoms with Crippen LogP contribution in [-0.2, 0) is 4.74 Å². The molecule has 0 aliphatic carbocycles. The molecule has 0 radical (unpaired) electrons. The Labute approximate surface area is 107 Å². The van der Waals surface area contributed by atoms with E-state index in [4.69, 9.17) is 4.74 Å². The number of rotatable bonds is 6. The maximum absolute atomic E-state index is 5.07. The van der Waals surface area contributed by atoms with E-state index >= 15 is 0 Å². The molecule has 0 amide bonds. The van der Waals surface area contributed by atoms with Gasteiger partial charge >= 0.3 is 0 Å². The largest absolute Gasteiger partial charge is 0.385 e. The lowest BCUT2D eigenvalue weighted by Crippen LogP contribution is -2.17. The summed E-state index contributed by atoms with van der Waals surface area (Å²) in [4.78, 5) is 4.14. The van der Waals surface area contributed by atoms with Gasteiger partial charge in [0.05, 0.1) is 0 Å². The number of anilines is 1. The zero-order valence-electron chi connectivity index (χ0n) is 10.7. The Morgan fingerprint density at radius 1 is 1.44 bits per heavy atom. The molecule has 1 aromatic carbocycles. The zero-order valence-corrected chi connectivity index (χ0v) is 10.7. The van der Waals surface area contributed by atoms with Crippen LogP contribution in [0.15, 0.2) is 30.6 Å². The van der Waals surface area contributed by atoms with Crippen molar-refractivity contribution in [3.63, 3.8) is 0 Å². The highest BCUT2D eigenvalue weighted by atomic mass is 16.5. The van der Waals surface area contributed by atoms with Crippen molar-refractivity contribution in [2.75, 3.05) is 19.0 Å². The average Bonchev–Trinajstić information content (AvgIpc) is 2.90. The minimum atomic E-state index is 0.370. The molecule has 0 aliphatic heterocycles. The first-order valence-corrected chi connectivity index (χ1v) is 6.01. The summed E-state index contributed by atoms with van der Waals surface area (Å²) in [7, 11) is 1.72. The summed E-state index contributed by atoms with van der Waals surface area (Å²) in [5.41, 5.74) is 2.10. The lowest BCUT2D eigenvalue weighted by atomic mass is 10.1. The number of ether oxygens (including phenoxy) is 1. The molecule has 0 spiro atoms. The third kappa shape index (κ3) is 3.30. The Morgan fingerprint density at radius 3 is 3.06 bits per heavy atom. The van der Waals surface area contributed by atoms with Crippen LogP contribution in [0.3, 0.4) is 0 Å². The molecule has 96 valence electrons. The maximum Gasteiger partial charge on any atom is 0.155 e. The van der Waals surface area contributed by atoms with E-state index in [1.807, 2.05) is 18.2 Å². The van der Waals surface area contributed by atoms with Crippen LogP contribution in [-0.4, -0.2) is 34.9 Å². The van der Waals surface area contributed by atoms with Crippen molar-refractivity contribution in [3.05, 3.63) is 30.6 Å². The third-order valence-corrected chi connectivity index (χ3v) is 2.72. The molecule has 18 heavy (non-hydrogen) atoms. The molecule has 1 atom stereocenters. The molecular formula is C13H18N4O. The van der Waals surface area contributed by atoms with Gasteiger partial charge < -0.3 is 10.1 Å². The number of benzene rings is 1. The molecule has 0 saturated heterocycles. The Kier molecular flexibility index (Phi) is 4.30. The van der Waals surface area contributed by atoms with Crippen LogP contribution in [0, 0.1) is 0 Å². The third-order valence-electron chi connectivity index (χ3n) is 2.72. The van der Waals surface area contributed by atoms with Gasteiger partial charge in [-0.15, -0.1) is 0 Å². The maximum atomic E-state index is 5.07. The van der Waals surface area contributed by atoms with Crippen LogP contribution in [0.5, 0.6) is 0 Å². The summed E-state index contributed by atoms with van der Waals surface area (Å²) in [5.74, 6) is 0.781. The molecule has 0 unspecified atom stereocenters. The summed E-state index contributed by atoms with van der Waals surface area (Å²) in [6.45, 7) is 2.90. The van der Waals surface area contributed by atoms with Gasteiger partial charge in [0.2, 0.25) is 0 Å². The zero-order chi connectivity index (χ0) is 12.8. The van der Waals surface area contributed by atoms with E-state index in [1.54, 1.807) is 7.11 Å². The minimum absolute atomic E-state index is 0.370. The monoisotopic (exact) mass is 246 g/mol. The Morgan fingerprint density at radius 2 is 2.33 bits per heavy atom. The highest BCUT2D eigenvalue weighted by Crippen LogP contribution is 2.19. The average molecular weight is 246 g/mol. The van der Waals surface area contributed by atoms with Crippen molar-refractivity contribution >= 4 is 5.69 Å². The smallest absolute Gasteiger partial charge is 0.155 e. The van der Waals surface area contributed by atoms with Crippen molar-refractivity contribution < 1.29 is 4.74 Å². The lowest BCUT2D eigenvalue weighted by Gasteiger charge is -2.15. The van der Waals surface area contributed by atoms with E-state index < -0.39 is 0 Å². The summed E-state index contributed by atoms with van der Waals surface area (Å²) in [6.07, 6.45) is 2.49. The summed E-state index contributed by atoms with van der Waals surface area (Å²) >= 11 is 0. The van der Waals surface area contributed by atoms with E-state index in [0.29, 0.717) is 6.04 Å². The molecule has 2 N–H and O–H groups in total. The molecule has 0 fully saturated rings. The first-order chi connectivity index (χ1) is 8.79. The van der Waals surface area contributed by atoms with Crippen molar-refractivity contribution in [2.24, 2.45) is 0 Å². The van der Waals surface area contributed by atoms with Gasteiger partial charge in [0.15, 0.2) is 5.82 Å². The van der Waals surface area contributed by atoms with E-state index in [-0.39, 0.29) is 0 Å². The highest BCUT2D eigenvalue weighted by molar-refractivity contribution is 5.62.